The summed E-state index contributed by atoms with van der Waals surface area (Å²) in [6.07, 6.45) is 1.95. The van der Waals surface area contributed by atoms with Crippen molar-refractivity contribution in [3.05, 3.63) is 60.2 Å². The highest BCUT2D eigenvalue weighted by Gasteiger charge is 2.53. The van der Waals surface area contributed by atoms with Gasteiger partial charge >= 0.3 is 0 Å². The molecule has 2 aromatic rings. The Bertz CT molecular complexity index is 762. The first-order valence-corrected chi connectivity index (χ1v) is 9.43. The fourth-order valence-electron chi connectivity index (χ4n) is 4.12. The Morgan fingerprint density at radius 3 is 2.19 bits per heavy atom. The van der Waals surface area contributed by atoms with Gasteiger partial charge in [-0.2, -0.15) is 0 Å². The van der Waals surface area contributed by atoms with Gasteiger partial charge in [0.25, 0.3) is 0 Å². The van der Waals surface area contributed by atoms with E-state index in [1.807, 2.05) is 35.2 Å². The number of carbonyl (C=O) groups is 1. The van der Waals surface area contributed by atoms with Gasteiger partial charge in [0.15, 0.2) is 0 Å². The fourth-order valence-corrected chi connectivity index (χ4v) is 4.12. The van der Waals surface area contributed by atoms with E-state index in [1.165, 1.54) is 11.3 Å². The summed E-state index contributed by atoms with van der Waals surface area (Å²) >= 11 is 0. The summed E-state index contributed by atoms with van der Waals surface area (Å²) in [4.78, 5) is 19.3. The third-order valence-electron chi connectivity index (χ3n) is 5.90. The Hall–Kier alpha value is -2.33. The maximum atomic E-state index is 12.8. The number of likely N-dealkylation sites (tertiary alicyclic amines) is 1. The number of carbonyl (C=O) groups excluding carboxylic acids is 1. The van der Waals surface area contributed by atoms with Crippen LogP contribution in [0.3, 0.4) is 0 Å². The summed E-state index contributed by atoms with van der Waals surface area (Å²) in [7, 11) is 4.13. The molecule has 0 atom stereocenters. The minimum absolute atomic E-state index is 0.110. The summed E-state index contributed by atoms with van der Waals surface area (Å²) in [6, 6.07) is 18.8. The highest BCUT2D eigenvalue weighted by Crippen LogP contribution is 2.44. The third-order valence-corrected chi connectivity index (χ3v) is 5.90. The number of hydrogen-bond donors (Lipinski definition) is 0. The van der Waals surface area contributed by atoms with Crippen LogP contribution in [-0.4, -0.2) is 44.5 Å². The van der Waals surface area contributed by atoms with Gasteiger partial charge in [-0.1, -0.05) is 30.3 Å². The first kappa shape index (κ1) is 17.1. The van der Waals surface area contributed by atoms with E-state index in [9.17, 15) is 4.79 Å². The van der Waals surface area contributed by atoms with Crippen LogP contribution < -0.4 is 9.80 Å². The SMILES string of the molecule is CN(C)c1ccc(CN2CCC3(CC2)CN(c2ccccc2)C3=O)cc1. The van der Waals surface area contributed by atoms with Gasteiger partial charge in [0.05, 0.1) is 5.41 Å². The minimum Gasteiger partial charge on any atom is -0.378 e. The van der Waals surface area contributed by atoms with E-state index in [0.717, 1.165) is 44.7 Å². The molecule has 26 heavy (non-hydrogen) atoms. The molecule has 4 rings (SSSR count). The molecule has 2 fully saturated rings. The molecule has 2 aromatic carbocycles. The van der Waals surface area contributed by atoms with Crippen LogP contribution in [-0.2, 0) is 11.3 Å². The number of rotatable bonds is 4. The normalized spacial score (nSPS) is 19.5. The number of piperidine rings is 1. The van der Waals surface area contributed by atoms with Crippen molar-refractivity contribution in [2.45, 2.75) is 19.4 Å². The van der Waals surface area contributed by atoms with Crippen molar-refractivity contribution in [3.63, 3.8) is 0 Å². The molecule has 0 aromatic heterocycles. The molecule has 0 N–H and O–H groups in total. The Morgan fingerprint density at radius 2 is 1.62 bits per heavy atom. The molecule has 136 valence electrons. The van der Waals surface area contributed by atoms with E-state index in [0.29, 0.717) is 5.91 Å². The van der Waals surface area contributed by atoms with Crippen LogP contribution in [0.5, 0.6) is 0 Å². The molecule has 0 radical (unpaired) electrons. The lowest BCUT2D eigenvalue weighted by Gasteiger charge is -2.52. The van der Waals surface area contributed by atoms with Gasteiger partial charge < -0.3 is 9.80 Å². The lowest BCUT2D eigenvalue weighted by molar-refractivity contribution is -0.138. The van der Waals surface area contributed by atoms with Crippen molar-refractivity contribution in [1.29, 1.82) is 0 Å². The van der Waals surface area contributed by atoms with Crippen LogP contribution in [0.15, 0.2) is 54.6 Å². The summed E-state index contributed by atoms with van der Waals surface area (Å²) in [5.41, 5.74) is 3.50. The van der Waals surface area contributed by atoms with Crippen molar-refractivity contribution >= 4 is 17.3 Å². The zero-order valence-electron chi connectivity index (χ0n) is 15.7. The highest BCUT2D eigenvalue weighted by atomic mass is 16.2. The van der Waals surface area contributed by atoms with Crippen LogP contribution in [0, 0.1) is 5.41 Å². The molecule has 0 aliphatic carbocycles. The van der Waals surface area contributed by atoms with Crippen molar-refractivity contribution in [2.24, 2.45) is 5.41 Å². The summed E-state index contributed by atoms with van der Waals surface area (Å²) in [5, 5.41) is 0. The zero-order chi connectivity index (χ0) is 18.1. The predicted molar refractivity (Wildman–Crippen MR) is 107 cm³/mol. The van der Waals surface area contributed by atoms with E-state index in [2.05, 4.69) is 48.2 Å². The van der Waals surface area contributed by atoms with Crippen LogP contribution in [0.4, 0.5) is 11.4 Å². The van der Waals surface area contributed by atoms with Crippen LogP contribution in [0.25, 0.3) is 0 Å². The van der Waals surface area contributed by atoms with Gasteiger partial charge in [-0.15, -0.1) is 0 Å². The number of hydrogen-bond acceptors (Lipinski definition) is 3. The molecule has 2 saturated heterocycles. The second-order valence-electron chi connectivity index (χ2n) is 7.84. The summed E-state index contributed by atoms with van der Waals surface area (Å²) in [6.45, 7) is 3.86. The lowest BCUT2D eigenvalue weighted by Crippen LogP contribution is -2.64. The first-order chi connectivity index (χ1) is 12.6. The standard InChI is InChI=1S/C22H27N3O/c1-23(2)19-10-8-18(9-11-19)16-24-14-12-22(13-15-24)17-25(21(22)26)20-6-4-3-5-7-20/h3-11H,12-17H2,1-2H3. The quantitative estimate of drug-likeness (QED) is 0.792. The smallest absolute Gasteiger partial charge is 0.235 e. The molecule has 2 aliphatic rings. The minimum atomic E-state index is -0.110. The second kappa shape index (κ2) is 6.76. The third kappa shape index (κ3) is 3.10. The maximum Gasteiger partial charge on any atom is 0.235 e. The van der Waals surface area contributed by atoms with Crippen LogP contribution in [0.1, 0.15) is 18.4 Å². The number of nitrogens with zero attached hydrogens (tertiary/aromatic N) is 3. The Balaban J connectivity index is 1.33. The number of β-lactam (4-membered cyclic amide) rings is 1. The Labute approximate surface area is 156 Å². The zero-order valence-corrected chi connectivity index (χ0v) is 15.7. The highest BCUT2D eigenvalue weighted by molar-refractivity contribution is 6.04. The van der Waals surface area contributed by atoms with Gasteiger partial charge in [0, 0.05) is 38.6 Å². The van der Waals surface area contributed by atoms with E-state index in [4.69, 9.17) is 0 Å². The molecule has 0 bridgehead atoms. The number of anilines is 2. The fraction of sp³-hybridized carbons (Fsp3) is 0.409. The van der Waals surface area contributed by atoms with E-state index in [1.54, 1.807) is 0 Å². The van der Waals surface area contributed by atoms with Gasteiger partial charge in [0.2, 0.25) is 5.91 Å². The number of benzene rings is 2. The van der Waals surface area contributed by atoms with Gasteiger partial charge in [0.1, 0.15) is 0 Å². The summed E-state index contributed by atoms with van der Waals surface area (Å²) in [5.74, 6) is 0.318. The second-order valence-corrected chi connectivity index (χ2v) is 7.84. The number of para-hydroxylation sites is 1. The average molecular weight is 349 g/mol. The van der Waals surface area contributed by atoms with Gasteiger partial charge in [-0.3, -0.25) is 9.69 Å². The summed E-state index contributed by atoms with van der Waals surface area (Å²) < 4.78 is 0. The molecule has 0 unspecified atom stereocenters. The maximum absolute atomic E-state index is 12.8. The topological polar surface area (TPSA) is 26.8 Å². The lowest BCUT2D eigenvalue weighted by atomic mass is 9.70. The van der Waals surface area contributed by atoms with Crippen molar-refractivity contribution in [3.8, 4) is 0 Å². The van der Waals surface area contributed by atoms with Crippen molar-refractivity contribution in [1.82, 2.24) is 4.90 Å². The van der Waals surface area contributed by atoms with Crippen molar-refractivity contribution in [2.75, 3.05) is 43.5 Å². The molecule has 4 nitrogen and oxygen atoms in total. The van der Waals surface area contributed by atoms with E-state index < -0.39 is 0 Å². The molecule has 1 spiro atoms. The molecule has 1 amide bonds. The Morgan fingerprint density at radius 1 is 0.962 bits per heavy atom. The van der Waals surface area contributed by atoms with Gasteiger partial charge in [-0.05, 0) is 55.8 Å². The number of amides is 1. The average Bonchev–Trinajstić information content (AvgIpc) is 2.68. The van der Waals surface area contributed by atoms with E-state index in [-0.39, 0.29) is 5.41 Å². The van der Waals surface area contributed by atoms with Crippen LogP contribution in [0.2, 0.25) is 0 Å². The molecule has 4 heteroatoms. The molecular formula is C22H27N3O. The van der Waals surface area contributed by atoms with Crippen molar-refractivity contribution < 1.29 is 4.79 Å². The Kier molecular flexibility index (Phi) is 4.45. The molecular weight excluding hydrogens is 322 g/mol. The monoisotopic (exact) mass is 349 g/mol. The van der Waals surface area contributed by atoms with Gasteiger partial charge in [-0.25, -0.2) is 0 Å². The predicted octanol–water partition coefficient (Wildman–Crippen LogP) is 3.38. The molecule has 0 saturated carbocycles. The first-order valence-electron chi connectivity index (χ1n) is 9.43. The molecule has 2 aliphatic heterocycles. The largest absolute Gasteiger partial charge is 0.378 e. The molecule has 2 heterocycles. The van der Waals surface area contributed by atoms with E-state index >= 15 is 0 Å². The van der Waals surface area contributed by atoms with Crippen LogP contribution >= 0.6 is 0 Å².